The van der Waals surface area contributed by atoms with Gasteiger partial charge in [0.2, 0.25) is 0 Å². The van der Waals surface area contributed by atoms with Gasteiger partial charge in [0.25, 0.3) is 0 Å². The molecule has 0 saturated heterocycles. The molecule has 2 aromatic rings. The number of benzene rings is 2. The third-order valence-electron chi connectivity index (χ3n) is 5.66. The summed E-state index contributed by atoms with van der Waals surface area (Å²) in [5.41, 5.74) is 4.29. The van der Waals surface area contributed by atoms with Crippen LogP contribution in [0.3, 0.4) is 0 Å². The number of carbonyl (C=O) groups excluding carboxylic acids is 1. The zero-order chi connectivity index (χ0) is 27.3. The molecule has 36 heavy (non-hydrogen) atoms. The Morgan fingerprint density at radius 2 is 1.44 bits per heavy atom. The molecule has 0 unspecified atom stereocenters. The second-order valence-electron chi connectivity index (χ2n) is 9.67. The molecule has 1 N–H and O–H groups in total. The normalized spacial score (nSPS) is 12.1. The van der Waals surface area contributed by atoms with Crippen LogP contribution >= 0.6 is 0 Å². The SMILES string of the molecule is COC(=O)C(=C(c1ccccc1)C(C)C)C(C)C.COc1ccc(C=C(CCC(C)C)C(=O)O)cc1. The fourth-order valence-electron chi connectivity index (χ4n) is 3.77. The topological polar surface area (TPSA) is 72.8 Å². The summed E-state index contributed by atoms with van der Waals surface area (Å²) >= 11 is 0. The monoisotopic (exact) mass is 494 g/mol. The second-order valence-corrected chi connectivity index (χ2v) is 9.67. The molecule has 0 aliphatic heterocycles. The highest BCUT2D eigenvalue weighted by Gasteiger charge is 2.22. The zero-order valence-electron chi connectivity index (χ0n) is 23.0. The molecule has 2 rings (SSSR count). The Bertz CT molecular complexity index is 1010. The van der Waals surface area contributed by atoms with Crippen molar-refractivity contribution in [2.24, 2.45) is 17.8 Å². The Balaban J connectivity index is 0.000000360. The van der Waals surface area contributed by atoms with Crippen LogP contribution in [0, 0.1) is 17.8 Å². The number of hydrogen-bond acceptors (Lipinski definition) is 4. The molecule has 0 fully saturated rings. The molecule has 5 heteroatoms. The molecule has 0 heterocycles. The third-order valence-corrected chi connectivity index (χ3v) is 5.66. The Hall–Kier alpha value is -3.34. The van der Waals surface area contributed by atoms with E-state index in [2.05, 4.69) is 27.7 Å². The second kappa shape index (κ2) is 15.6. The van der Waals surface area contributed by atoms with E-state index in [9.17, 15) is 9.59 Å². The van der Waals surface area contributed by atoms with Crippen LogP contribution in [0.1, 0.15) is 65.5 Å². The summed E-state index contributed by atoms with van der Waals surface area (Å²) in [7, 11) is 3.05. The number of hydrogen-bond donors (Lipinski definition) is 1. The first-order valence-corrected chi connectivity index (χ1v) is 12.5. The van der Waals surface area contributed by atoms with Crippen molar-refractivity contribution < 1.29 is 24.2 Å². The van der Waals surface area contributed by atoms with Gasteiger partial charge in [-0.25, -0.2) is 9.59 Å². The minimum atomic E-state index is -0.841. The smallest absolute Gasteiger partial charge is 0.334 e. The largest absolute Gasteiger partial charge is 0.497 e. The Labute approximate surface area is 216 Å². The number of carboxylic acids is 1. The summed E-state index contributed by atoms with van der Waals surface area (Å²) in [5.74, 6) is 0.637. The Morgan fingerprint density at radius 3 is 1.86 bits per heavy atom. The van der Waals surface area contributed by atoms with E-state index < -0.39 is 5.97 Å². The van der Waals surface area contributed by atoms with E-state index in [-0.39, 0.29) is 17.8 Å². The minimum Gasteiger partial charge on any atom is -0.497 e. The van der Waals surface area contributed by atoms with Gasteiger partial charge in [-0.3, -0.25) is 0 Å². The number of ether oxygens (including phenoxy) is 2. The van der Waals surface area contributed by atoms with Crippen LogP contribution in [0.5, 0.6) is 5.75 Å². The van der Waals surface area contributed by atoms with E-state index >= 15 is 0 Å². The zero-order valence-corrected chi connectivity index (χ0v) is 23.0. The molecule has 0 saturated carbocycles. The average Bonchev–Trinajstić information content (AvgIpc) is 2.85. The van der Waals surface area contributed by atoms with Gasteiger partial charge in [-0.2, -0.15) is 0 Å². The van der Waals surface area contributed by atoms with Gasteiger partial charge >= 0.3 is 11.9 Å². The molecule has 0 aromatic heterocycles. The van der Waals surface area contributed by atoms with Gasteiger partial charge in [0, 0.05) is 11.1 Å². The quantitative estimate of drug-likeness (QED) is 0.273. The van der Waals surface area contributed by atoms with Crippen molar-refractivity contribution in [2.45, 2.75) is 54.4 Å². The van der Waals surface area contributed by atoms with Crippen molar-refractivity contribution in [1.82, 2.24) is 0 Å². The van der Waals surface area contributed by atoms with Crippen molar-refractivity contribution >= 4 is 23.6 Å². The Kier molecular flexibility index (Phi) is 13.3. The van der Waals surface area contributed by atoms with Crippen LogP contribution < -0.4 is 4.74 Å². The van der Waals surface area contributed by atoms with Gasteiger partial charge in [0.15, 0.2) is 0 Å². The number of esters is 1. The van der Waals surface area contributed by atoms with Crippen molar-refractivity contribution in [3.63, 3.8) is 0 Å². The third kappa shape index (κ3) is 10.1. The molecule has 0 radical (unpaired) electrons. The number of rotatable bonds is 10. The summed E-state index contributed by atoms with van der Waals surface area (Å²) in [5, 5.41) is 9.16. The lowest BCUT2D eigenvalue weighted by molar-refractivity contribution is -0.136. The number of allylic oxidation sites excluding steroid dienone is 1. The molecule has 0 amide bonds. The van der Waals surface area contributed by atoms with Gasteiger partial charge in [-0.15, -0.1) is 0 Å². The minimum absolute atomic E-state index is 0.148. The van der Waals surface area contributed by atoms with E-state index in [1.54, 1.807) is 13.2 Å². The van der Waals surface area contributed by atoms with Crippen LogP contribution in [-0.2, 0) is 14.3 Å². The standard InChI is InChI=1S/C16H22O2.C15H20O3/c1-11(2)14(13-9-7-6-8-10-13)15(12(3)4)16(17)18-5;1-11(2)4-7-13(15(16)17)10-12-5-8-14(18-3)9-6-12/h6-12H,1-5H3;5-6,8-11H,4,7H2,1-3H3,(H,16,17). The van der Waals surface area contributed by atoms with Crippen LogP contribution in [-0.4, -0.2) is 31.3 Å². The van der Waals surface area contributed by atoms with E-state index in [0.29, 0.717) is 17.9 Å². The molecule has 196 valence electrons. The Morgan fingerprint density at radius 1 is 0.861 bits per heavy atom. The summed E-state index contributed by atoms with van der Waals surface area (Å²) in [6.45, 7) is 12.4. The molecule has 0 bridgehead atoms. The van der Waals surface area contributed by atoms with Crippen LogP contribution in [0.4, 0.5) is 0 Å². The number of aliphatic carboxylic acids is 1. The average molecular weight is 495 g/mol. The highest BCUT2D eigenvalue weighted by molar-refractivity contribution is 5.98. The van der Waals surface area contributed by atoms with Crippen molar-refractivity contribution in [3.8, 4) is 5.75 Å². The molecule has 5 nitrogen and oxygen atoms in total. The van der Waals surface area contributed by atoms with Gasteiger partial charge in [0.05, 0.1) is 14.2 Å². The fourth-order valence-corrected chi connectivity index (χ4v) is 3.77. The molecular weight excluding hydrogens is 452 g/mol. The lowest BCUT2D eigenvalue weighted by atomic mass is 9.86. The van der Waals surface area contributed by atoms with Crippen LogP contribution in [0.15, 0.2) is 65.7 Å². The first-order valence-electron chi connectivity index (χ1n) is 12.5. The van der Waals surface area contributed by atoms with Gasteiger partial charge in [-0.05, 0) is 65.5 Å². The lowest BCUT2D eigenvalue weighted by Crippen LogP contribution is -2.15. The molecule has 0 aliphatic rings. The van der Waals surface area contributed by atoms with Crippen molar-refractivity contribution in [2.75, 3.05) is 14.2 Å². The van der Waals surface area contributed by atoms with Gasteiger partial charge in [-0.1, -0.05) is 84.0 Å². The van der Waals surface area contributed by atoms with Gasteiger partial charge < -0.3 is 14.6 Å². The fraction of sp³-hybridized carbons (Fsp3) is 0.419. The lowest BCUT2D eigenvalue weighted by Gasteiger charge is -2.20. The van der Waals surface area contributed by atoms with E-state index in [0.717, 1.165) is 34.4 Å². The van der Waals surface area contributed by atoms with Crippen LogP contribution in [0.2, 0.25) is 0 Å². The van der Waals surface area contributed by atoms with Crippen LogP contribution in [0.25, 0.3) is 11.6 Å². The maximum atomic E-state index is 12.0. The summed E-state index contributed by atoms with van der Waals surface area (Å²) in [6.07, 6.45) is 3.21. The molecular formula is C31H42O5. The maximum Gasteiger partial charge on any atom is 0.334 e. The summed E-state index contributed by atoms with van der Waals surface area (Å²) < 4.78 is 9.99. The van der Waals surface area contributed by atoms with E-state index in [1.807, 2.05) is 68.4 Å². The molecule has 0 aliphatic carbocycles. The highest BCUT2D eigenvalue weighted by atomic mass is 16.5. The molecule has 0 atom stereocenters. The molecule has 0 spiro atoms. The first-order chi connectivity index (χ1) is 17.0. The number of methoxy groups -OCH3 is 2. The number of carboxylic acid groups (broad SMARTS) is 1. The molecule has 2 aromatic carbocycles. The van der Waals surface area contributed by atoms with E-state index in [1.165, 1.54) is 7.11 Å². The highest BCUT2D eigenvalue weighted by Crippen LogP contribution is 2.31. The van der Waals surface area contributed by atoms with Crippen molar-refractivity contribution in [3.05, 3.63) is 76.9 Å². The maximum absolute atomic E-state index is 12.0. The number of carbonyl (C=O) groups is 2. The summed E-state index contributed by atoms with van der Waals surface area (Å²) in [4.78, 5) is 23.1. The first kappa shape index (κ1) is 30.7. The van der Waals surface area contributed by atoms with E-state index in [4.69, 9.17) is 14.6 Å². The summed E-state index contributed by atoms with van der Waals surface area (Å²) in [6, 6.07) is 17.4. The van der Waals surface area contributed by atoms with Gasteiger partial charge in [0.1, 0.15) is 5.75 Å². The predicted octanol–water partition coefficient (Wildman–Crippen LogP) is 7.52. The predicted molar refractivity (Wildman–Crippen MR) is 148 cm³/mol. The van der Waals surface area contributed by atoms with Crippen molar-refractivity contribution in [1.29, 1.82) is 0 Å².